The first-order valence-corrected chi connectivity index (χ1v) is 8.27. The summed E-state index contributed by atoms with van der Waals surface area (Å²) >= 11 is 0.231. The molecule has 2 atom stereocenters. The maximum atomic E-state index is 2.40. The summed E-state index contributed by atoms with van der Waals surface area (Å²) in [6, 6.07) is 17.6. The molecular weight excluding hydrogens is 374 g/mol. The van der Waals surface area contributed by atoms with Crippen LogP contribution in [0.3, 0.4) is 0 Å². The first-order chi connectivity index (χ1) is 9.42. The van der Waals surface area contributed by atoms with Crippen molar-refractivity contribution in [3.8, 4) is 0 Å². The smallest absolute Gasteiger partial charge is 1.00 e. The molecule has 0 nitrogen and oxygen atoms in total. The molecule has 0 heterocycles. The van der Waals surface area contributed by atoms with Crippen molar-refractivity contribution in [2.75, 3.05) is 0 Å². The molecular formula is C18H14Cl3V. The van der Waals surface area contributed by atoms with Crippen LogP contribution in [0.2, 0.25) is 0 Å². The van der Waals surface area contributed by atoms with E-state index in [-0.39, 0.29) is 53.5 Å². The van der Waals surface area contributed by atoms with Gasteiger partial charge in [-0.25, -0.2) is 0 Å². The Morgan fingerprint density at radius 2 is 1.00 bits per heavy atom. The third-order valence-electron chi connectivity index (χ3n) is 3.87. The molecule has 2 aromatic carbocycles. The maximum absolute atomic E-state index is 2.40. The van der Waals surface area contributed by atoms with Gasteiger partial charge in [-0.15, -0.1) is 0 Å². The average molecular weight is 388 g/mol. The molecule has 0 radical (unpaired) electrons. The Hall–Kier alpha value is -0.626. The third-order valence-corrected chi connectivity index (χ3v) is 6.28. The zero-order valence-electron chi connectivity index (χ0n) is 11.7. The maximum Gasteiger partial charge on any atom is -1.00 e. The van der Waals surface area contributed by atoms with E-state index in [4.69, 9.17) is 0 Å². The quantitative estimate of drug-likeness (QED) is 0.489. The SMILES string of the molecule is C1=C[CH]([V+3][CH]2C=Cc3ccccc32)c2ccccc21.[Cl-].[Cl-].[Cl-]. The van der Waals surface area contributed by atoms with Crippen LogP contribution >= 0.6 is 0 Å². The number of hydrogen-bond acceptors (Lipinski definition) is 0. The van der Waals surface area contributed by atoms with Crippen LogP contribution in [0.5, 0.6) is 0 Å². The number of allylic oxidation sites excluding steroid dienone is 2. The van der Waals surface area contributed by atoms with Crippen molar-refractivity contribution in [1.82, 2.24) is 0 Å². The second-order valence-electron chi connectivity index (χ2n) is 5.01. The van der Waals surface area contributed by atoms with Crippen LogP contribution < -0.4 is 37.2 Å². The molecule has 2 aliphatic rings. The van der Waals surface area contributed by atoms with Crippen LogP contribution in [0, 0.1) is 0 Å². The largest absolute Gasteiger partial charge is 1.00 e. The second-order valence-corrected chi connectivity index (χ2v) is 7.22. The van der Waals surface area contributed by atoms with Gasteiger partial charge in [0, 0.05) is 0 Å². The van der Waals surface area contributed by atoms with E-state index in [9.17, 15) is 0 Å². The molecule has 112 valence electrons. The zero-order valence-corrected chi connectivity index (χ0v) is 15.3. The van der Waals surface area contributed by atoms with Gasteiger partial charge in [-0.2, -0.15) is 0 Å². The minimum absolute atomic E-state index is 0. The summed E-state index contributed by atoms with van der Waals surface area (Å²) in [6.07, 6.45) is 9.39. The second kappa shape index (κ2) is 8.29. The summed E-state index contributed by atoms with van der Waals surface area (Å²) in [4.78, 5) is 0. The molecule has 0 aliphatic heterocycles. The summed E-state index contributed by atoms with van der Waals surface area (Å²) in [5.74, 6) is 0. The Morgan fingerprint density at radius 1 is 0.591 bits per heavy atom. The Bertz CT molecular complexity index is 635. The first kappa shape index (κ1) is 19.4. The van der Waals surface area contributed by atoms with E-state index < -0.39 is 0 Å². The molecule has 4 heteroatoms. The average Bonchev–Trinajstić information content (AvgIpc) is 3.05. The molecule has 2 aliphatic carbocycles. The molecule has 0 saturated carbocycles. The molecule has 4 rings (SSSR count). The van der Waals surface area contributed by atoms with E-state index in [1.807, 2.05) is 0 Å². The van der Waals surface area contributed by atoms with Crippen molar-refractivity contribution >= 4 is 12.2 Å². The summed E-state index contributed by atoms with van der Waals surface area (Å²) in [7, 11) is 0. The topological polar surface area (TPSA) is 0 Å². The Morgan fingerprint density at radius 3 is 1.45 bits per heavy atom. The van der Waals surface area contributed by atoms with Gasteiger partial charge in [0.2, 0.25) is 0 Å². The Labute approximate surface area is 157 Å². The molecule has 0 bridgehead atoms. The van der Waals surface area contributed by atoms with Crippen molar-refractivity contribution in [1.29, 1.82) is 0 Å². The third kappa shape index (κ3) is 3.48. The fourth-order valence-corrected chi connectivity index (χ4v) is 5.25. The van der Waals surface area contributed by atoms with E-state index in [0.29, 0.717) is 9.26 Å². The van der Waals surface area contributed by atoms with E-state index in [2.05, 4.69) is 72.8 Å². The molecule has 2 aromatic rings. The number of hydrogen-bond donors (Lipinski definition) is 0. The van der Waals surface area contributed by atoms with E-state index in [1.165, 1.54) is 22.3 Å². The van der Waals surface area contributed by atoms with Gasteiger partial charge in [-0.05, 0) is 0 Å². The van der Waals surface area contributed by atoms with Crippen LogP contribution in [-0.2, 0) is 16.3 Å². The van der Waals surface area contributed by atoms with Gasteiger partial charge >= 0.3 is 121 Å². The molecule has 0 saturated heterocycles. The minimum atomic E-state index is 0. The van der Waals surface area contributed by atoms with Crippen molar-refractivity contribution in [3.63, 3.8) is 0 Å². The van der Waals surface area contributed by atoms with Gasteiger partial charge in [0.1, 0.15) is 0 Å². The number of fused-ring (bicyclic) bond motifs is 2. The summed E-state index contributed by atoms with van der Waals surface area (Å²) in [5, 5.41) is 0. The summed E-state index contributed by atoms with van der Waals surface area (Å²) in [5.41, 5.74) is 5.89. The molecule has 22 heavy (non-hydrogen) atoms. The molecule has 0 amide bonds. The van der Waals surface area contributed by atoms with Gasteiger partial charge in [-0.3, -0.25) is 0 Å². The normalized spacial score (nSPS) is 19.1. The van der Waals surface area contributed by atoms with Crippen molar-refractivity contribution in [3.05, 3.63) is 82.9 Å². The van der Waals surface area contributed by atoms with Crippen LogP contribution in [0.25, 0.3) is 12.2 Å². The molecule has 0 spiro atoms. The van der Waals surface area contributed by atoms with Gasteiger partial charge in [0.05, 0.1) is 0 Å². The molecule has 0 N–H and O–H groups in total. The Kier molecular flexibility index (Phi) is 7.32. The van der Waals surface area contributed by atoms with Crippen molar-refractivity contribution in [2.24, 2.45) is 0 Å². The predicted molar refractivity (Wildman–Crippen MR) is 76.4 cm³/mol. The molecule has 0 aromatic heterocycles. The van der Waals surface area contributed by atoms with Crippen molar-refractivity contribution < 1.29 is 53.5 Å². The van der Waals surface area contributed by atoms with Gasteiger partial charge in [0.15, 0.2) is 0 Å². The standard InChI is InChI=1S/2C9H7.3ClH.V/c2*1-2-5-9-7-3-6-8(9)4-1;;;;/h2*1-7H;3*1H;/q;;;;;+3/p-3. The molecule has 2 unspecified atom stereocenters. The minimum Gasteiger partial charge on any atom is -1.00 e. The van der Waals surface area contributed by atoms with Crippen LogP contribution in [0.4, 0.5) is 0 Å². The summed E-state index contributed by atoms with van der Waals surface area (Å²) < 4.78 is 1.32. The van der Waals surface area contributed by atoms with E-state index in [1.54, 1.807) is 0 Å². The van der Waals surface area contributed by atoms with E-state index in [0.717, 1.165) is 0 Å². The zero-order chi connectivity index (χ0) is 12.7. The fraction of sp³-hybridized carbons (Fsp3) is 0.111. The van der Waals surface area contributed by atoms with Gasteiger partial charge in [-0.1, -0.05) is 0 Å². The van der Waals surface area contributed by atoms with Crippen LogP contribution in [0.1, 0.15) is 31.5 Å². The van der Waals surface area contributed by atoms with Crippen molar-refractivity contribution in [2.45, 2.75) is 9.26 Å². The number of rotatable bonds is 2. The van der Waals surface area contributed by atoms with Gasteiger partial charge < -0.3 is 37.2 Å². The first-order valence-electron chi connectivity index (χ1n) is 6.66. The summed E-state index contributed by atoms with van der Waals surface area (Å²) in [6.45, 7) is 0. The number of benzene rings is 2. The fourth-order valence-electron chi connectivity index (χ4n) is 2.89. The molecule has 0 fully saturated rings. The predicted octanol–water partition coefficient (Wildman–Crippen LogP) is -4.38. The Balaban J connectivity index is 0.000000807. The number of halogens is 3. The van der Waals surface area contributed by atoms with E-state index >= 15 is 0 Å². The van der Waals surface area contributed by atoms with Crippen LogP contribution in [0.15, 0.2) is 60.7 Å². The van der Waals surface area contributed by atoms with Gasteiger partial charge in [0.25, 0.3) is 0 Å². The monoisotopic (exact) mass is 386 g/mol. The van der Waals surface area contributed by atoms with Crippen LogP contribution in [-0.4, -0.2) is 0 Å².